The van der Waals surface area contributed by atoms with Crippen LogP contribution in [0, 0.1) is 5.82 Å². The van der Waals surface area contributed by atoms with Crippen LogP contribution in [0.15, 0.2) is 24.3 Å². The Hall–Kier alpha value is -2.11. The first-order valence-corrected chi connectivity index (χ1v) is 5.84. The molecule has 0 unspecified atom stereocenters. The smallest absolute Gasteiger partial charge is 0.303 e. The van der Waals surface area contributed by atoms with E-state index in [0.717, 1.165) is 0 Å². The summed E-state index contributed by atoms with van der Waals surface area (Å²) in [6, 6.07) is 5.82. The van der Waals surface area contributed by atoms with Crippen molar-refractivity contribution in [3.8, 4) is 5.75 Å². The van der Waals surface area contributed by atoms with Crippen molar-refractivity contribution in [2.24, 2.45) is 0 Å². The van der Waals surface area contributed by atoms with Gasteiger partial charge in [-0.2, -0.15) is 0 Å². The third kappa shape index (κ3) is 5.37. The lowest BCUT2D eigenvalue weighted by atomic mass is 10.3. The molecule has 6 heteroatoms. The number of ether oxygens (including phenoxy) is 1. The monoisotopic (exact) mass is 269 g/mol. The predicted octanol–water partition coefficient (Wildman–Crippen LogP) is 1.53. The number of carboxylic acid groups (broad SMARTS) is 1. The lowest BCUT2D eigenvalue weighted by molar-refractivity contribution is -0.138. The van der Waals surface area contributed by atoms with E-state index in [9.17, 15) is 14.0 Å². The number of hydrogen-bond donors (Lipinski definition) is 1. The number of para-hydroxylation sites is 1. The number of carboxylic acids is 1. The van der Waals surface area contributed by atoms with Crippen molar-refractivity contribution in [1.29, 1.82) is 0 Å². The fourth-order valence-electron chi connectivity index (χ4n) is 1.40. The molecule has 0 spiro atoms. The van der Waals surface area contributed by atoms with E-state index in [1.807, 2.05) is 0 Å². The SMILES string of the molecule is CN(CCCC(=O)O)C(=O)COc1ccccc1F. The number of rotatable bonds is 7. The minimum Gasteiger partial charge on any atom is -0.481 e. The lowest BCUT2D eigenvalue weighted by Gasteiger charge is -2.17. The Bertz CT molecular complexity index is 450. The van der Waals surface area contributed by atoms with E-state index in [-0.39, 0.29) is 24.7 Å². The number of benzene rings is 1. The van der Waals surface area contributed by atoms with Crippen LogP contribution in [0.3, 0.4) is 0 Å². The first-order valence-electron chi connectivity index (χ1n) is 5.84. The van der Waals surface area contributed by atoms with Crippen molar-refractivity contribution < 1.29 is 23.8 Å². The molecule has 0 aliphatic heterocycles. The van der Waals surface area contributed by atoms with Crippen LogP contribution < -0.4 is 4.74 Å². The van der Waals surface area contributed by atoms with Gasteiger partial charge in [0.05, 0.1) is 0 Å². The summed E-state index contributed by atoms with van der Waals surface area (Å²) in [7, 11) is 1.55. The number of carbonyl (C=O) groups excluding carboxylic acids is 1. The summed E-state index contributed by atoms with van der Waals surface area (Å²) in [4.78, 5) is 23.3. The molecule has 0 aliphatic rings. The van der Waals surface area contributed by atoms with E-state index >= 15 is 0 Å². The maximum atomic E-state index is 13.2. The number of nitrogens with zero attached hydrogens (tertiary/aromatic N) is 1. The molecule has 0 aliphatic carbocycles. The average Bonchev–Trinajstić information content (AvgIpc) is 2.36. The molecule has 0 fully saturated rings. The van der Waals surface area contributed by atoms with Gasteiger partial charge in [0.1, 0.15) is 0 Å². The molecule has 0 aromatic heterocycles. The molecule has 19 heavy (non-hydrogen) atoms. The maximum Gasteiger partial charge on any atom is 0.303 e. The highest BCUT2D eigenvalue weighted by molar-refractivity contribution is 5.77. The topological polar surface area (TPSA) is 66.8 Å². The Morgan fingerprint density at radius 3 is 2.68 bits per heavy atom. The summed E-state index contributed by atoms with van der Waals surface area (Å²) in [6.45, 7) is 0.0519. The fourth-order valence-corrected chi connectivity index (χ4v) is 1.40. The molecule has 5 nitrogen and oxygen atoms in total. The molecular weight excluding hydrogens is 253 g/mol. The summed E-state index contributed by atoms with van der Waals surface area (Å²) in [6.07, 6.45) is 0.378. The fraction of sp³-hybridized carbons (Fsp3) is 0.385. The van der Waals surface area contributed by atoms with E-state index in [1.165, 1.54) is 23.1 Å². The van der Waals surface area contributed by atoms with Crippen LogP contribution in [0.25, 0.3) is 0 Å². The van der Waals surface area contributed by atoms with E-state index in [4.69, 9.17) is 9.84 Å². The van der Waals surface area contributed by atoms with E-state index in [0.29, 0.717) is 13.0 Å². The highest BCUT2D eigenvalue weighted by Gasteiger charge is 2.11. The van der Waals surface area contributed by atoms with Gasteiger partial charge in [-0.05, 0) is 18.6 Å². The highest BCUT2D eigenvalue weighted by Crippen LogP contribution is 2.15. The second-order valence-electron chi connectivity index (χ2n) is 4.03. The summed E-state index contributed by atoms with van der Waals surface area (Å²) < 4.78 is 18.3. The van der Waals surface area contributed by atoms with Crippen molar-refractivity contribution >= 4 is 11.9 Å². The summed E-state index contributed by atoms with van der Waals surface area (Å²) in [5.74, 6) is -1.73. The van der Waals surface area contributed by atoms with Crippen LogP contribution in [-0.2, 0) is 9.59 Å². The van der Waals surface area contributed by atoms with Gasteiger partial charge in [-0.1, -0.05) is 12.1 Å². The zero-order valence-electron chi connectivity index (χ0n) is 10.6. The largest absolute Gasteiger partial charge is 0.481 e. The standard InChI is InChI=1S/C13H16FNO4/c1-15(8-4-7-13(17)18)12(16)9-19-11-6-3-2-5-10(11)14/h2-3,5-6H,4,7-9H2,1H3,(H,17,18). The molecular formula is C13H16FNO4. The minimum atomic E-state index is -0.900. The average molecular weight is 269 g/mol. The molecule has 0 heterocycles. The normalized spacial score (nSPS) is 10.0. The molecule has 1 aromatic carbocycles. The van der Waals surface area contributed by atoms with Gasteiger partial charge >= 0.3 is 5.97 Å². The van der Waals surface area contributed by atoms with Crippen LogP contribution in [0.2, 0.25) is 0 Å². The first kappa shape index (κ1) is 14.9. The Labute approximate surface area is 110 Å². The Morgan fingerprint density at radius 2 is 2.05 bits per heavy atom. The number of aliphatic carboxylic acids is 1. The summed E-state index contributed by atoms with van der Waals surface area (Å²) in [5, 5.41) is 8.48. The maximum absolute atomic E-state index is 13.2. The van der Waals surface area contributed by atoms with Gasteiger partial charge in [-0.15, -0.1) is 0 Å². The van der Waals surface area contributed by atoms with Gasteiger partial charge in [0, 0.05) is 20.0 Å². The van der Waals surface area contributed by atoms with Gasteiger partial charge in [0.2, 0.25) is 0 Å². The van der Waals surface area contributed by atoms with Crippen LogP contribution in [-0.4, -0.2) is 42.1 Å². The third-order valence-corrected chi connectivity index (χ3v) is 2.50. The number of carbonyl (C=O) groups is 2. The molecule has 0 saturated heterocycles. The Morgan fingerprint density at radius 1 is 1.37 bits per heavy atom. The van der Waals surface area contributed by atoms with Gasteiger partial charge in [0.25, 0.3) is 5.91 Å². The van der Waals surface area contributed by atoms with Crippen LogP contribution >= 0.6 is 0 Å². The summed E-state index contributed by atoms with van der Waals surface area (Å²) >= 11 is 0. The Kier molecular flexibility index (Phi) is 5.78. The third-order valence-electron chi connectivity index (χ3n) is 2.50. The molecule has 1 rings (SSSR count). The molecule has 104 valence electrons. The first-order chi connectivity index (χ1) is 9.00. The number of halogens is 1. The van der Waals surface area contributed by atoms with Crippen molar-refractivity contribution in [3.05, 3.63) is 30.1 Å². The van der Waals surface area contributed by atoms with Gasteiger partial charge < -0.3 is 14.7 Å². The van der Waals surface area contributed by atoms with Crippen molar-refractivity contribution in [2.75, 3.05) is 20.2 Å². The van der Waals surface area contributed by atoms with Gasteiger partial charge in [0.15, 0.2) is 18.2 Å². The van der Waals surface area contributed by atoms with Crippen molar-refractivity contribution in [2.45, 2.75) is 12.8 Å². The van der Waals surface area contributed by atoms with Crippen LogP contribution in [0.5, 0.6) is 5.75 Å². The molecule has 0 saturated carbocycles. The van der Waals surface area contributed by atoms with Crippen LogP contribution in [0.4, 0.5) is 4.39 Å². The van der Waals surface area contributed by atoms with Crippen LogP contribution in [0.1, 0.15) is 12.8 Å². The molecule has 1 N–H and O–H groups in total. The molecule has 1 amide bonds. The minimum absolute atomic E-state index is 0.00574. The predicted molar refractivity (Wildman–Crippen MR) is 66.4 cm³/mol. The van der Waals surface area contributed by atoms with Gasteiger partial charge in [-0.25, -0.2) is 4.39 Å². The molecule has 0 radical (unpaired) electrons. The number of likely N-dealkylation sites (N-methyl/N-ethyl adjacent to an activating group) is 1. The number of amides is 1. The molecule has 0 atom stereocenters. The van der Waals surface area contributed by atoms with E-state index < -0.39 is 11.8 Å². The second-order valence-corrected chi connectivity index (χ2v) is 4.03. The van der Waals surface area contributed by atoms with Crippen molar-refractivity contribution in [1.82, 2.24) is 4.90 Å². The summed E-state index contributed by atoms with van der Waals surface area (Å²) in [5.41, 5.74) is 0. The van der Waals surface area contributed by atoms with Crippen molar-refractivity contribution in [3.63, 3.8) is 0 Å². The van der Waals surface area contributed by atoms with E-state index in [1.54, 1.807) is 13.1 Å². The van der Waals surface area contributed by atoms with Gasteiger partial charge in [-0.3, -0.25) is 9.59 Å². The molecule has 1 aromatic rings. The van der Waals surface area contributed by atoms with E-state index in [2.05, 4.69) is 0 Å². The lowest BCUT2D eigenvalue weighted by Crippen LogP contribution is -2.32. The number of hydrogen-bond acceptors (Lipinski definition) is 3. The highest BCUT2D eigenvalue weighted by atomic mass is 19.1. The zero-order chi connectivity index (χ0) is 14.3. The quantitative estimate of drug-likeness (QED) is 0.815. The Balaban J connectivity index is 2.34. The zero-order valence-corrected chi connectivity index (χ0v) is 10.6. The second kappa shape index (κ2) is 7.35. The molecule has 0 bridgehead atoms.